The molecule has 0 radical (unpaired) electrons. The van der Waals surface area contributed by atoms with Crippen LogP contribution in [0.2, 0.25) is 0 Å². The Labute approximate surface area is 169 Å². The van der Waals surface area contributed by atoms with Crippen molar-refractivity contribution in [2.24, 2.45) is 5.92 Å². The van der Waals surface area contributed by atoms with Crippen molar-refractivity contribution in [2.45, 2.75) is 26.3 Å². The number of nitrogens with zero attached hydrogens (tertiary/aromatic N) is 4. The molecule has 0 unspecified atom stereocenters. The zero-order chi connectivity index (χ0) is 20.4. The highest BCUT2D eigenvalue weighted by atomic mass is 16.5. The summed E-state index contributed by atoms with van der Waals surface area (Å²) in [4.78, 5) is 36.3. The number of carbonyl (C=O) groups excluding carboxylic acids is 1. The number of ether oxygens (including phenoxy) is 1. The van der Waals surface area contributed by atoms with Gasteiger partial charge in [0.1, 0.15) is 11.4 Å². The number of hydrogen-bond acceptors (Lipinski definition) is 5. The lowest BCUT2D eigenvalue weighted by Crippen LogP contribution is -2.40. The van der Waals surface area contributed by atoms with Crippen molar-refractivity contribution in [3.63, 3.8) is 0 Å². The van der Waals surface area contributed by atoms with Crippen LogP contribution in [0.1, 0.15) is 29.0 Å². The second-order valence-electron chi connectivity index (χ2n) is 7.39. The number of aryl methyl sites for hydroxylation is 1. The Morgan fingerprint density at radius 1 is 1.17 bits per heavy atom. The Kier molecular flexibility index (Phi) is 5.29. The molecule has 0 N–H and O–H groups in total. The molecule has 0 bridgehead atoms. The molecule has 0 saturated carbocycles. The lowest BCUT2D eigenvalue weighted by atomic mass is 9.96. The summed E-state index contributed by atoms with van der Waals surface area (Å²) in [6, 6.07) is 10.9. The summed E-state index contributed by atoms with van der Waals surface area (Å²) in [7, 11) is 1.52. The molecule has 1 aliphatic rings. The van der Waals surface area contributed by atoms with Crippen LogP contribution in [-0.2, 0) is 6.54 Å². The molecule has 0 spiro atoms. The first-order chi connectivity index (χ1) is 14.1. The molecule has 0 atom stereocenters. The van der Waals surface area contributed by atoms with Gasteiger partial charge in [0.15, 0.2) is 0 Å². The van der Waals surface area contributed by atoms with Crippen LogP contribution < -0.4 is 10.3 Å². The van der Waals surface area contributed by atoms with E-state index < -0.39 is 0 Å². The van der Waals surface area contributed by atoms with Gasteiger partial charge in [0.05, 0.1) is 18.0 Å². The zero-order valence-electron chi connectivity index (χ0n) is 16.7. The van der Waals surface area contributed by atoms with Crippen molar-refractivity contribution in [3.8, 4) is 5.88 Å². The fraction of sp³-hybridized carbons (Fsp3) is 0.364. The normalized spacial score (nSPS) is 14.9. The molecule has 1 aromatic carbocycles. The standard InChI is InChI=1S/C22H24N4O3/c1-15-24-19-8-4-3-6-17(19)22(28)26(15)14-16-9-12-25(13-10-16)21(27)18-7-5-11-23-20(18)29-2/h3-8,11,16H,9-10,12-14H2,1-2H3. The van der Waals surface area contributed by atoms with Gasteiger partial charge in [0.25, 0.3) is 11.5 Å². The minimum atomic E-state index is -0.0610. The van der Waals surface area contributed by atoms with E-state index in [1.165, 1.54) is 7.11 Å². The van der Waals surface area contributed by atoms with Crippen molar-refractivity contribution in [3.05, 3.63) is 64.3 Å². The molecule has 4 rings (SSSR count). The number of piperidine rings is 1. The number of aromatic nitrogens is 3. The van der Waals surface area contributed by atoms with Gasteiger partial charge in [0.2, 0.25) is 5.88 Å². The predicted molar refractivity (Wildman–Crippen MR) is 110 cm³/mol. The first-order valence-corrected chi connectivity index (χ1v) is 9.83. The van der Waals surface area contributed by atoms with Gasteiger partial charge in [-0.25, -0.2) is 9.97 Å². The second-order valence-corrected chi connectivity index (χ2v) is 7.39. The third kappa shape index (κ3) is 3.72. The maximum atomic E-state index is 12.9. The number of likely N-dealkylation sites (tertiary alicyclic amines) is 1. The van der Waals surface area contributed by atoms with Gasteiger partial charge in [-0.3, -0.25) is 14.2 Å². The summed E-state index contributed by atoms with van der Waals surface area (Å²) in [5.74, 6) is 1.35. The molecule has 2 aromatic heterocycles. The second kappa shape index (κ2) is 8.03. The minimum absolute atomic E-state index is 0.00621. The van der Waals surface area contributed by atoms with Crippen LogP contribution in [0.25, 0.3) is 10.9 Å². The SMILES string of the molecule is COc1ncccc1C(=O)N1CCC(Cn2c(C)nc3ccccc3c2=O)CC1. The van der Waals surface area contributed by atoms with Crippen molar-refractivity contribution in [2.75, 3.05) is 20.2 Å². The number of rotatable bonds is 4. The molecule has 0 aliphatic carbocycles. The highest BCUT2D eigenvalue weighted by Crippen LogP contribution is 2.23. The summed E-state index contributed by atoms with van der Waals surface area (Å²) in [6.45, 7) is 3.80. The molecule has 150 valence electrons. The highest BCUT2D eigenvalue weighted by Gasteiger charge is 2.26. The number of methoxy groups -OCH3 is 1. The van der Waals surface area contributed by atoms with E-state index in [1.807, 2.05) is 36.1 Å². The largest absolute Gasteiger partial charge is 0.480 e. The first kappa shape index (κ1) is 19.1. The van der Waals surface area contributed by atoms with Gasteiger partial charge in [-0.2, -0.15) is 0 Å². The van der Waals surface area contributed by atoms with Crippen LogP contribution in [0.4, 0.5) is 0 Å². The number of para-hydroxylation sites is 1. The highest BCUT2D eigenvalue weighted by molar-refractivity contribution is 5.96. The lowest BCUT2D eigenvalue weighted by Gasteiger charge is -2.32. The quantitative estimate of drug-likeness (QED) is 0.682. The molecular weight excluding hydrogens is 368 g/mol. The van der Waals surface area contributed by atoms with Gasteiger partial charge in [0, 0.05) is 25.8 Å². The van der Waals surface area contributed by atoms with E-state index in [9.17, 15) is 9.59 Å². The fourth-order valence-electron chi connectivity index (χ4n) is 3.96. The summed E-state index contributed by atoms with van der Waals surface area (Å²) >= 11 is 0. The molecule has 3 aromatic rings. The summed E-state index contributed by atoms with van der Waals surface area (Å²) < 4.78 is 6.99. The van der Waals surface area contributed by atoms with Gasteiger partial charge in [-0.15, -0.1) is 0 Å². The van der Waals surface area contributed by atoms with Crippen molar-refractivity contribution < 1.29 is 9.53 Å². The molecule has 7 heteroatoms. The van der Waals surface area contributed by atoms with E-state index in [1.54, 1.807) is 22.9 Å². The van der Waals surface area contributed by atoms with Crippen LogP contribution in [0.15, 0.2) is 47.4 Å². The molecule has 1 aliphatic heterocycles. The van der Waals surface area contributed by atoms with Gasteiger partial charge >= 0.3 is 0 Å². The molecule has 1 saturated heterocycles. The van der Waals surface area contributed by atoms with Gasteiger partial charge < -0.3 is 9.64 Å². The van der Waals surface area contributed by atoms with E-state index in [0.717, 1.165) is 24.2 Å². The van der Waals surface area contributed by atoms with E-state index in [4.69, 9.17) is 4.74 Å². The Balaban J connectivity index is 1.46. The maximum absolute atomic E-state index is 12.9. The van der Waals surface area contributed by atoms with E-state index in [2.05, 4.69) is 9.97 Å². The van der Waals surface area contributed by atoms with Crippen LogP contribution >= 0.6 is 0 Å². The summed E-state index contributed by atoms with van der Waals surface area (Å²) in [6.07, 6.45) is 3.29. The van der Waals surface area contributed by atoms with Crippen molar-refractivity contribution in [1.29, 1.82) is 0 Å². The van der Waals surface area contributed by atoms with Crippen molar-refractivity contribution in [1.82, 2.24) is 19.4 Å². The monoisotopic (exact) mass is 392 g/mol. The average Bonchev–Trinajstić information content (AvgIpc) is 2.76. The maximum Gasteiger partial charge on any atom is 0.261 e. The van der Waals surface area contributed by atoms with Crippen molar-refractivity contribution >= 4 is 16.8 Å². The summed E-state index contributed by atoms with van der Waals surface area (Å²) in [5.41, 5.74) is 1.23. The predicted octanol–water partition coefficient (Wildman–Crippen LogP) is 2.66. The number of pyridine rings is 1. The number of hydrogen-bond donors (Lipinski definition) is 0. The zero-order valence-corrected chi connectivity index (χ0v) is 16.7. The van der Waals surface area contributed by atoms with E-state index >= 15 is 0 Å². The number of fused-ring (bicyclic) bond motifs is 1. The minimum Gasteiger partial charge on any atom is -0.480 e. The third-order valence-corrected chi connectivity index (χ3v) is 5.59. The van der Waals surface area contributed by atoms with Gasteiger partial charge in [-0.1, -0.05) is 12.1 Å². The first-order valence-electron chi connectivity index (χ1n) is 9.83. The molecule has 7 nitrogen and oxygen atoms in total. The molecule has 1 fully saturated rings. The Bertz CT molecular complexity index is 1100. The molecule has 29 heavy (non-hydrogen) atoms. The summed E-state index contributed by atoms with van der Waals surface area (Å²) in [5, 5.41) is 0.648. The Morgan fingerprint density at radius 3 is 2.69 bits per heavy atom. The smallest absolute Gasteiger partial charge is 0.261 e. The van der Waals surface area contributed by atoms with Crippen LogP contribution in [0.5, 0.6) is 5.88 Å². The van der Waals surface area contributed by atoms with Crippen LogP contribution in [0, 0.1) is 12.8 Å². The fourth-order valence-corrected chi connectivity index (χ4v) is 3.96. The molecule has 3 heterocycles. The van der Waals surface area contributed by atoms with Crippen LogP contribution in [0.3, 0.4) is 0 Å². The Morgan fingerprint density at radius 2 is 1.93 bits per heavy atom. The van der Waals surface area contributed by atoms with Crippen LogP contribution in [-0.4, -0.2) is 45.5 Å². The number of carbonyl (C=O) groups is 1. The number of benzene rings is 1. The lowest BCUT2D eigenvalue weighted by molar-refractivity contribution is 0.0678. The Hall–Kier alpha value is -3.22. The average molecular weight is 392 g/mol. The van der Waals surface area contributed by atoms with Gasteiger partial charge in [-0.05, 0) is 49.9 Å². The third-order valence-electron chi connectivity index (χ3n) is 5.59. The van der Waals surface area contributed by atoms with E-state index in [0.29, 0.717) is 42.4 Å². The van der Waals surface area contributed by atoms with E-state index in [-0.39, 0.29) is 11.5 Å². The molecular formula is C22H24N4O3. The topological polar surface area (TPSA) is 77.3 Å². The number of amides is 1. The molecule has 1 amide bonds.